The summed E-state index contributed by atoms with van der Waals surface area (Å²) in [4.78, 5) is 26.2. The molecule has 0 radical (unpaired) electrons. The van der Waals surface area contributed by atoms with E-state index in [9.17, 15) is 14.7 Å². The second-order valence-corrected chi connectivity index (χ2v) is 3.65. The highest BCUT2D eigenvalue weighted by atomic mass is 16.4. The van der Waals surface area contributed by atoms with E-state index in [0.29, 0.717) is 0 Å². The number of nitrogens with zero attached hydrogens (tertiary/aromatic N) is 3. The average Bonchev–Trinajstić information content (AvgIpc) is 2.84. The van der Waals surface area contributed by atoms with Gasteiger partial charge in [-0.1, -0.05) is 6.07 Å². The van der Waals surface area contributed by atoms with E-state index < -0.39 is 17.6 Å². The van der Waals surface area contributed by atoms with Crippen molar-refractivity contribution in [1.29, 1.82) is 0 Å². The fourth-order valence-corrected chi connectivity index (χ4v) is 1.47. The van der Waals surface area contributed by atoms with Gasteiger partial charge in [-0.3, -0.25) is 4.79 Å². The summed E-state index contributed by atoms with van der Waals surface area (Å²) in [6, 6.07) is 4.07. The van der Waals surface area contributed by atoms with Crippen LogP contribution in [-0.2, 0) is 11.3 Å². The molecule has 0 saturated carbocycles. The molecule has 0 aliphatic rings. The number of aromatic carboxylic acids is 1. The summed E-state index contributed by atoms with van der Waals surface area (Å²) in [6.45, 7) is -0.0866. The zero-order valence-corrected chi connectivity index (χ0v) is 9.65. The Morgan fingerprint density at radius 3 is 2.79 bits per heavy atom. The Hall–Kier alpha value is -2.90. The van der Waals surface area contributed by atoms with Crippen LogP contribution >= 0.6 is 0 Å². The van der Waals surface area contributed by atoms with Gasteiger partial charge in [0.2, 0.25) is 5.91 Å². The topological polar surface area (TPSA) is 117 Å². The smallest absolute Gasteiger partial charge is 0.339 e. The monoisotopic (exact) mass is 262 g/mol. The van der Waals surface area contributed by atoms with Gasteiger partial charge in [-0.15, -0.1) is 0 Å². The van der Waals surface area contributed by atoms with Gasteiger partial charge in [0, 0.05) is 0 Å². The SMILES string of the molecule is O=C(Cn1cncn1)Nc1cccc(C(=O)O)c1O. The standard InChI is InChI=1S/C11H10N4O4/c16-9(4-15-6-12-5-13-15)14-8-3-1-2-7(10(8)17)11(18)19/h1-3,5-6,17H,4H2,(H,14,16)(H,18,19). The fraction of sp³-hybridized carbons (Fsp3) is 0.0909. The van der Waals surface area contributed by atoms with Crippen LogP contribution in [-0.4, -0.2) is 36.9 Å². The molecule has 0 aliphatic carbocycles. The van der Waals surface area contributed by atoms with Crippen molar-refractivity contribution in [2.45, 2.75) is 6.54 Å². The number of hydrogen-bond donors (Lipinski definition) is 3. The van der Waals surface area contributed by atoms with Crippen molar-refractivity contribution in [2.24, 2.45) is 0 Å². The van der Waals surface area contributed by atoms with E-state index in [-0.39, 0.29) is 17.8 Å². The minimum atomic E-state index is -1.27. The number of phenols is 1. The van der Waals surface area contributed by atoms with Gasteiger partial charge < -0.3 is 15.5 Å². The maximum atomic E-state index is 11.7. The van der Waals surface area contributed by atoms with Gasteiger partial charge in [-0.25, -0.2) is 14.5 Å². The quantitative estimate of drug-likeness (QED) is 0.683. The Morgan fingerprint density at radius 2 is 2.16 bits per heavy atom. The molecular formula is C11H10N4O4. The summed E-state index contributed by atoms with van der Waals surface area (Å²) >= 11 is 0. The zero-order valence-electron chi connectivity index (χ0n) is 9.65. The van der Waals surface area contributed by atoms with Gasteiger partial charge in [-0.2, -0.15) is 5.10 Å². The zero-order chi connectivity index (χ0) is 13.8. The van der Waals surface area contributed by atoms with Crippen molar-refractivity contribution < 1.29 is 19.8 Å². The maximum absolute atomic E-state index is 11.7. The second kappa shape index (κ2) is 5.17. The molecule has 0 bridgehead atoms. The largest absolute Gasteiger partial charge is 0.505 e. The lowest BCUT2D eigenvalue weighted by Gasteiger charge is -2.08. The molecule has 2 aromatic rings. The number of carboxylic acids is 1. The highest BCUT2D eigenvalue weighted by Gasteiger charge is 2.14. The van der Waals surface area contributed by atoms with Gasteiger partial charge >= 0.3 is 5.97 Å². The maximum Gasteiger partial charge on any atom is 0.339 e. The number of nitrogens with one attached hydrogen (secondary N) is 1. The van der Waals surface area contributed by atoms with E-state index in [4.69, 9.17) is 5.11 Å². The Kier molecular flexibility index (Phi) is 3.42. The summed E-state index contributed by atoms with van der Waals surface area (Å²) in [5.74, 6) is -2.21. The van der Waals surface area contributed by atoms with Crippen LogP contribution in [0.4, 0.5) is 5.69 Å². The van der Waals surface area contributed by atoms with Crippen LogP contribution in [0.5, 0.6) is 5.75 Å². The molecule has 1 heterocycles. The van der Waals surface area contributed by atoms with Crippen LogP contribution in [0, 0.1) is 0 Å². The molecule has 0 unspecified atom stereocenters. The summed E-state index contributed by atoms with van der Waals surface area (Å²) in [5.41, 5.74) is -0.247. The van der Waals surface area contributed by atoms with Crippen molar-refractivity contribution in [1.82, 2.24) is 14.8 Å². The summed E-state index contributed by atoms with van der Waals surface area (Å²) in [5, 5.41) is 24.7. The van der Waals surface area contributed by atoms with Gasteiger partial charge in [0.25, 0.3) is 0 Å². The Bertz CT molecular complexity index is 609. The number of amides is 1. The molecule has 2 rings (SSSR count). The van der Waals surface area contributed by atoms with Crippen molar-refractivity contribution in [3.63, 3.8) is 0 Å². The normalized spacial score (nSPS) is 10.1. The third-order valence-corrected chi connectivity index (χ3v) is 2.31. The molecule has 1 amide bonds. The van der Waals surface area contributed by atoms with Crippen molar-refractivity contribution >= 4 is 17.6 Å². The molecule has 0 fully saturated rings. The van der Waals surface area contributed by atoms with Crippen LogP contribution in [0.1, 0.15) is 10.4 Å². The molecule has 0 saturated heterocycles. The minimum absolute atomic E-state index is 0.0324. The first-order valence-corrected chi connectivity index (χ1v) is 5.25. The third-order valence-electron chi connectivity index (χ3n) is 2.31. The molecule has 98 valence electrons. The van der Waals surface area contributed by atoms with Crippen LogP contribution in [0.3, 0.4) is 0 Å². The first-order chi connectivity index (χ1) is 9.08. The number of carbonyl (C=O) groups is 2. The highest BCUT2D eigenvalue weighted by molar-refractivity contribution is 5.97. The van der Waals surface area contributed by atoms with Crippen LogP contribution in [0.25, 0.3) is 0 Å². The van der Waals surface area contributed by atoms with E-state index in [1.807, 2.05) is 0 Å². The van der Waals surface area contributed by atoms with Gasteiger partial charge in [0.05, 0.1) is 5.69 Å². The number of carboxylic acid groups (broad SMARTS) is 1. The Balaban J connectivity index is 2.13. The summed E-state index contributed by atoms with van der Waals surface area (Å²) in [6.07, 6.45) is 2.66. The minimum Gasteiger partial charge on any atom is -0.505 e. The van der Waals surface area contributed by atoms with Crippen LogP contribution < -0.4 is 5.32 Å². The molecular weight excluding hydrogens is 252 g/mol. The van der Waals surface area contributed by atoms with Crippen molar-refractivity contribution in [3.05, 3.63) is 36.4 Å². The first kappa shape index (κ1) is 12.6. The van der Waals surface area contributed by atoms with E-state index in [2.05, 4.69) is 15.4 Å². The number of hydrogen-bond acceptors (Lipinski definition) is 5. The van der Waals surface area contributed by atoms with Crippen LogP contribution in [0.15, 0.2) is 30.9 Å². The molecule has 8 nitrogen and oxygen atoms in total. The predicted molar refractivity (Wildman–Crippen MR) is 63.7 cm³/mol. The molecule has 1 aromatic heterocycles. The van der Waals surface area contributed by atoms with Gasteiger partial charge in [0.1, 0.15) is 24.8 Å². The first-order valence-electron chi connectivity index (χ1n) is 5.25. The number of rotatable bonds is 4. The number of para-hydroxylation sites is 1. The van der Waals surface area contributed by atoms with E-state index in [0.717, 1.165) is 0 Å². The highest BCUT2D eigenvalue weighted by Crippen LogP contribution is 2.27. The lowest BCUT2D eigenvalue weighted by atomic mass is 10.1. The molecule has 19 heavy (non-hydrogen) atoms. The van der Waals surface area contributed by atoms with Crippen LogP contribution in [0.2, 0.25) is 0 Å². The molecule has 1 aromatic carbocycles. The molecule has 0 atom stereocenters. The number of benzene rings is 1. The number of carbonyl (C=O) groups excluding carboxylic acids is 1. The van der Waals surface area contributed by atoms with Crippen molar-refractivity contribution in [3.8, 4) is 5.75 Å². The van der Waals surface area contributed by atoms with E-state index in [1.54, 1.807) is 0 Å². The second-order valence-electron chi connectivity index (χ2n) is 3.65. The molecule has 0 aliphatic heterocycles. The summed E-state index contributed by atoms with van der Waals surface area (Å²) in [7, 11) is 0. The van der Waals surface area contributed by atoms with Gasteiger partial charge in [0.15, 0.2) is 5.75 Å². The lowest BCUT2D eigenvalue weighted by molar-refractivity contribution is -0.116. The summed E-state index contributed by atoms with van der Waals surface area (Å²) < 4.78 is 1.30. The molecule has 8 heteroatoms. The van der Waals surface area contributed by atoms with Crippen molar-refractivity contribution in [2.75, 3.05) is 5.32 Å². The number of anilines is 1. The number of aromatic nitrogens is 3. The molecule has 0 spiro atoms. The molecule has 3 N–H and O–H groups in total. The lowest BCUT2D eigenvalue weighted by Crippen LogP contribution is -2.19. The average molecular weight is 262 g/mol. The number of aromatic hydroxyl groups is 1. The van der Waals surface area contributed by atoms with E-state index in [1.165, 1.54) is 35.5 Å². The predicted octanol–water partition coefficient (Wildman–Crippen LogP) is 0.321. The Labute approximate surface area is 107 Å². The van der Waals surface area contributed by atoms with E-state index >= 15 is 0 Å². The fourth-order valence-electron chi connectivity index (χ4n) is 1.47. The third kappa shape index (κ3) is 2.86. The van der Waals surface area contributed by atoms with Gasteiger partial charge in [-0.05, 0) is 12.1 Å². The Morgan fingerprint density at radius 1 is 1.37 bits per heavy atom.